The molecule has 2 heterocycles. The number of nitrogens with zero attached hydrogens (tertiary/aromatic N) is 2. The van der Waals surface area contributed by atoms with Crippen LogP contribution in [0, 0.1) is 0 Å². The number of benzene rings is 3. The molecule has 0 atom stereocenters. The summed E-state index contributed by atoms with van der Waals surface area (Å²) in [6, 6.07) is 29.3. The molecule has 0 N–H and O–H groups in total. The quantitative estimate of drug-likeness (QED) is 0.358. The van der Waals surface area contributed by atoms with Gasteiger partial charge in [0, 0.05) is 23.2 Å². The van der Waals surface area contributed by atoms with Gasteiger partial charge in [-0.2, -0.15) is 0 Å². The van der Waals surface area contributed by atoms with Crippen molar-refractivity contribution in [2.45, 2.75) is 0 Å². The first kappa shape index (κ1) is 17.9. The van der Waals surface area contributed by atoms with Gasteiger partial charge in [-0.1, -0.05) is 72.8 Å². The van der Waals surface area contributed by atoms with Crippen LogP contribution >= 0.6 is 0 Å². The van der Waals surface area contributed by atoms with Gasteiger partial charge in [0.1, 0.15) is 0 Å². The summed E-state index contributed by atoms with van der Waals surface area (Å²) < 4.78 is 0. The summed E-state index contributed by atoms with van der Waals surface area (Å²) >= 11 is 0. The minimum absolute atomic E-state index is 0. The van der Waals surface area contributed by atoms with Gasteiger partial charge >= 0.3 is 29.6 Å². The Labute approximate surface area is 181 Å². The van der Waals surface area contributed by atoms with Crippen molar-refractivity contribution in [2.75, 3.05) is 0 Å². The molecule has 0 amide bonds. The van der Waals surface area contributed by atoms with Crippen molar-refractivity contribution < 1.29 is 31.0 Å². The zero-order valence-corrected chi connectivity index (χ0v) is 17.1. The zero-order chi connectivity index (χ0) is 17.3. The average Bonchev–Trinajstić information content (AvgIpc) is 2.74. The Morgan fingerprint density at radius 1 is 0.481 bits per heavy atom. The van der Waals surface area contributed by atoms with Gasteiger partial charge in [-0.15, -0.1) is 0 Å². The standard InChI is InChI=1S/C24H16N2.Na.H/c1-3-7-17(8-4-1)19-13-15-25-23-21(19)11-12-22-20(14-16-26-24(22)23)18-9-5-2-6-10-18;;/h1-16H;;/q;+1;-1. The monoisotopic (exact) mass is 356 g/mol. The van der Waals surface area contributed by atoms with Crippen molar-refractivity contribution in [1.29, 1.82) is 0 Å². The fraction of sp³-hybridized carbons (Fsp3) is 0. The Bertz CT molecular complexity index is 1130. The third-order valence-electron chi connectivity index (χ3n) is 4.79. The molecule has 0 aliphatic rings. The van der Waals surface area contributed by atoms with Gasteiger partial charge in [-0.3, -0.25) is 9.97 Å². The maximum atomic E-state index is 4.67. The van der Waals surface area contributed by atoms with E-state index in [-0.39, 0.29) is 31.0 Å². The van der Waals surface area contributed by atoms with Crippen LogP contribution in [-0.2, 0) is 0 Å². The van der Waals surface area contributed by atoms with E-state index in [0.717, 1.165) is 21.8 Å². The molecule has 5 aromatic rings. The smallest absolute Gasteiger partial charge is 1.00 e. The Kier molecular flexibility index (Phi) is 5.04. The van der Waals surface area contributed by atoms with E-state index in [1.54, 1.807) is 0 Å². The number of aromatic nitrogens is 2. The molecule has 5 rings (SSSR count). The molecule has 0 aliphatic heterocycles. The average molecular weight is 356 g/mol. The number of hydrogen-bond acceptors (Lipinski definition) is 2. The molecule has 0 spiro atoms. The van der Waals surface area contributed by atoms with Crippen LogP contribution in [0.4, 0.5) is 0 Å². The van der Waals surface area contributed by atoms with Crippen LogP contribution < -0.4 is 29.6 Å². The third kappa shape index (κ3) is 3.17. The van der Waals surface area contributed by atoms with Crippen LogP contribution in [-0.4, -0.2) is 9.97 Å². The van der Waals surface area contributed by atoms with Gasteiger partial charge in [0.2, 0.25) is 0 Å². The molecule has 124 valence electrons. The molecule has 3 aromatic carbocycles. The number of hydrogen-bond donors (Lipinski definition) is 0. The normalized spacial score (nSPS) is 10.7. The molecule has 0 bridgehead atoms. The van der Waals surface area contributed by atoms with Crippen molar-refractivity contribution in [3.8, 4) is 22.3 Å². The van der Waals surface area contributed by atoms with Crippen LogP contribution in [0.3, 0.4) is 0 Å². The molecule has 3 heteroatoms. The number of rotatable bonds is 2. The summed E-state index contributed by atoms with van der Waals surface area (Å²) in [4.78, 5) is 9.34. The van der Waals surface area contributed by atoms with Crippen LogP contribution in [0.2, 0.25) is 0 Å². The predicted octanol–water partition coefficient (Wildman–Crippen LogP) is 3.23. The molecule has 0 saturated heterocycles. The second-order valence-corrected chi connectivity index (χ2v) is 6.31. The van der Waals surface area contributed by atoms with Gasteiger partial charge in [0.25, 0.3) is 0 Å². The van der Waals surface area contributed by atoms with Gasteiger partial charge in [0.15, 0.2) is 0 Å². The van der Waals surface area contributed by atoms with Crippen molar-refractivity contribution in [3.63, 3.8) is 0 Å². The Morgan fingerprint density at radius 2 is 0.889 bits per heavy atom. The first-order chi connectivity index (χ1) is 12.9. The molecule has 0 unspecified atom stereocenters. The fourth-order valence-electron chi connectivity index (χ4n) is 3.57. The van der Waals surface area contributed by atoms with E-state index in [9.17, 15) is 0 Å². The number of fused-ring (bicyclic) bond motifs is 3. The largest absolute Gasteiger partial charge is 1.00 e. The molecular weight excluding hydrogens is 339 g/mol. The van der Waals surface area contributed by atoms with E-state index in [1.807, 2.05) is 24.5 Å². The van der Waals surface area contributed by atoms with Crippen molar-refractivity contribution in [1.82, 2.24) is 9.97 Å². The maximum Gasteiger partial charge on any atom is 1.00 e. The van der Waals surface area contributed by atoms with Crippen molar-refractivity contribution in [3.05, 3.63) is 97.3 Å². The van der Waals surface area contributed by atoms with Crippen LogP contribution in [0.1, 0.15) is 1.43 Å². The van der Waals surface area contributed by atoms with Gasteiger partial charge in [0.05, 0.1) is 11.0 Å². The summed E-state index contributed by atoms with van der Waals surface area (Å²) in [5.74, 6) is 0. The van der Waals surface area contributed by atoms with Crippen molar-refractivity contribution >= 4 is 21.8 Å². The number of pyridine rings is 2. The third-order valence-corrected chi connectivity index (χ3v) is 4.79. The maximum absolute atomic E-state index is 4.67. The van der Waals surface area contributed by atoms with Gasteiger partial charge in [-0.05, 0) is 34.4 Å². The van der Waals surface area contributed by atoms with Crippen molar-refractivity contribution in [2.24, 2.45) is 0 Å². The molecule has 0 saturated carbocycles. The Balaban J connectivity index is 0.00000112. The van der Waals surface area contributed by atoms with E-state index in [1.165, 1.54) is 22.3 Å². The first-order valence-corrected chi connectivity index (χ1v) is 8.69. The first-order valence-electron chi connectivity index (χ1n) is 8.69. The van der Waals surface area contributed by atoms with E-state index in [4.69, 9.17) is 0 Å². The summed E-state index contributed by atoms with van der Waals surface area (Å²) in [6.07, 6.45) is 3.75. The van der Waals surface area contributed by atoms with Crippen LogP contribution in [0.25, 0.3) is 44.1 Å². The second-order valence-electron chi connectivity index (χ2n) is 6.31. The van der Waals surface area contributed by atoms with E-state index in [0.29, 0.717) is 0 Å². The van der Waals surface area contributed by atoms with E-state index in [2.05, 4.69) is 82.8 Å². The molecule has 0 radical (unpaired) electrons. The fourth-order valence-corrected chi connectivity index (χ4v) is 3.57. The van der Waals surface area contributed by atoms with Gasteiger partial charge in [-0.25, -0.2) is 0 Å². The second kappa shape index (κ2) is 7.61. The van der Waals surface area contributed by atoms with Crippen LogP contribution in [0.15, 0.2) is 97.3 Å². The summed E-state index contributed by atoms with van der Waals surface area (Å²) in [5.41, 5.74) is 6.65. The van der Waals surface area contributed by atoms with Crippen LogP contribution in [0.5, 0.6) is 0 Å². The topological polar surface area (TPSA) is 25.8 Å². The molecule has 2 aromatic heterocycles. The van der Waals surface area contributed by atoms with E-state index >= 15 is 0 Å². The summed E-state index contributed by atoms with van der Waals surface area (Å²) in [6.45, 7) is 0. The molecule has 27 heavy (non-hydrogen) atoms. The predicted molar refractivity (Wildman–Crippen MR) is 109 cm³/mol. The molecular formula is C24H17N2Na. The SMILES string of the molecule is [H-].[Na+].c1ccc(-c2ccnc3c2ccc2c(-c4ccccc4)ccnc23)cc1. The zero-order valence-electron chi connectivity index (χ0n) is 16.1. The van der Waals surface area contributed by atoms with Gasteiger partial charge < -0.3 is 1.43 Å². The minimum atomic E-state index is 0. The Morgan fingerprint density at radius 3 is 1.30 bits per heavy atom. The molecule has 0 aliphatic carbocycles. The minimum Gasteiger partial charge on any atom is -1.00 e. The molecule has 2 nitrogen and oxygen atoms in total. The molecule has 0 fully saturated rings. The summed E-state index contributed by atoms with van der Waals surface area (Å²) in [7, 11) is 0. The Hall–Kier alpha value is -2.52. The van der Waals surface area contributed by atoms with E-state index < -0.39 is 0 Å². The summed E-state index contributed by atoms with van der Waals surface area (Å²) in [5, 5.41) is 2.26.